The highest BCUT2D eigenvalue weighted by Gasteiger charge is 2.02. The fourth-order valence-corrected chi connectivity index (χ4v) is 3.62. The van der Waals surface area contributed by atoms with Gasteiger partial charge in [-0.1, -0.05) is 96.1 Å². The maximum absolute atomic E-state index is 11.6. The number of aliphatic carboxylic acids is 1. The van der Waals surface area contributed by atoms with Gasteiger partial charge in [0.15, 0.2) is 0 Å². The second kappa shape index (κ2) is 24.0. The predicted molar refractivity (Wildman–Crippen MR) is 128 cm³/mol. The van der Waals surface area contributed by atoms with E-state index in [9.17, 15) is 9.59 Å². The Morgan fingerprint density at radius 3 is 1.60 bits per heavy atom. The van der Waals surface area contributed by atoms with E-state index in [0.29, 0.717) is 19.4 Å². The van der Waals surface area contributed by atoms with E-state index < -0.39 is 5.97 Å². The van der Waals surface area contributed by atoms with E-state index in [4.69, 9.17) is 5.11 Å². The molecule has 0 saturated heterocycles. The van der Waals surface area contributed by atoms with Crippen molar-refractivity contribution in [2.45, 2.75) is 135 Å². The molecule has 1 amide bonds. The van der Waals surface area contributed by atoms with Crippen molar-refractivity contribution in [3.8, 4) is 0 Å². The first-order chi connectivity index (χ1) is 14.7. The van der Waals surface area contributed by atoms with Crippen molar-refractivity contribution in [1.29, 1.82) is 0 Å². The number of rotatable bonds is 23. The van der Waals surface area contributed by atoms with E-state index in [1.165, 1.54) is 96.3 Å². The summed E-state index contributed by atoms with van der Waals surface area (Å²) in [4.78, 5) is 22.0. The molecular formula is C26H49NO3. The minimum absolute atomic E-state index is 0.0569. The Bertz CT molecular complexity index is 421. The van der Waals surface area contributed by atoms with Gasteiger partial charge in [-0.3, -0.25) is 9.59 Å². The van der Waals surface area contributed by atoms with Gasteiger partial charge in [0.1, 0.15) is 0 Å². The third-order valence-electron chi connectivity index (χ3n) is 5.56. The van der Waals surface area contributed by atoms with E-state index in [1.54, 1.807) is 0 Å². The molecule has 176 valence electrons. The fourth-order valence-electron chi connectivity index (χ4n) is 3.62. The van der Waals surface area contributed by atoms with Crippen LogP contribution in [-0.4, -0.2) is 23.5 Å². The molecule has 0 fully saturated rings. The second-order valence-electron chi connectivity index (χ2n) is 8.60. The Balaban J connectivity index is 3.18. The summed E-state index contributed by atoms with van der Waals surface area (Å²) in [6, 6.07) is 0. The second-order valence-corrected chi connectivity index (χ2v) is 8.60. The lowest BCUT2D eigenvalue weighted by atomic mass is 10.1. The Kier molecular flexibility index (Phi) is 22.9. The van der Waals surface area contributed by atoms with E-state index in [1.807, 2.05) is 0 Å². The van der Waals surface area contributed by atoms with E-state index in [0.717, 1.165) is 12.8 Å². The van der Waals surface area contributed by atoms with Crippen LogP contribution in [0, 0.1) is 0 Å². The molecule has 30 heavy (non-hydrogen) atoms. The van der Waals surface area contributed by atoms with Crippen molar-refractivity contribution < 1.29 is 14.7 Å². The Labute approximate surface area is 186 Å². The van der Waals surface area contributed by atoms with Crippen LogP contribution in [0.25, 0.3) is 0 Å². The molecule has 0 bridgehead atoms. The monoisotopic (exact) mass is 423 g/mol. The minimum Gasteiger partial charge on any atom is -0.481 e. The number of unbranched alkanes of at least 4 members (excludes halogenated alkanes) is 15. The Morgan fingerprint density at radius 1 is 0.633 bits per heavy atom. The Morgan fingerprint density at radius 2 is 1.10 bits per heavy atom. The molecule has 0 aliphatic heterocycles. The third kappa shape index (κ3) is 24.7. The quantitative estimate of drug-likeness (QED) is 0.132. The van der Waals surface area contributed by atoms with Gasteiger partial charge in [-0.25, -0.2) is 0 Å². The highest BCUT2D eigenvalue weighted by molar-refractivity contribution is 5.75. The molecule has 0 saturated carbocycles. The summed E-state index contributed by atoms with van der Waals surface area (Å²) in [6.45, 7) is 2.74. The van der Waals surface area contributed by atoms with Crippen LogP contribution < -0.4 is 5.32 Å². The molecule has 0 rings (SSSR count). The van der Waals surface area contributed by atoms with Gasteiger partial charge in [-0.2, -0.15) is 0 Å². The number of carboxylic acid groups (broad SMARTS) is 1. The van der Waals surface area contributed by atoms with Crippen LogP contribution in [0.2, 0.25) is 0 Å². The topological polar surface area (TPSA) is 66.4 Å². The van der Waals surface area contributed by atoms with Crippen LogP contribution >= 0.6 is 0 Å². The fraction of sp³-hybridized carbons (Fsp3) is 0.846. The molecular weight excluding hydrogens is 374 g/mol. The van der Waals surface area contributed by atoms with Gasteiger partial charge in [0, 0.05) is 19.4 Å². The number of nitrogens with one attached hydrogen (secondary N) is 1. The summed E-state index contributed by atoms with van der Waals surface area (Å²) in [5.41, 5.74) is 0. The van der Waals surface area contributed by atoms with E-state index in [-0.39, 0.29) is 12.3 Å². The first kappa shape index (κ1) is 28.7. The molecule has 0 aliphatic rings. The molecule has 0 unspecified atom stereocenters. The number of carbonyl (C=O) groups excluding carboxylic acids is 1. The molecule has 0 aromatic rings. The highest BCUT2D eigenvalue weighted by Crippen LogP contribution is 2.12. The van der Waals surface area contributed by atoms with Gasteiger partial charge >= 0.3 is 5.97 Å². The smallest absolute Gasteiger partial charge is 0.303 e. The highest BCUT2D eigenvalue weighted by atomic mass is 16.4. The summed E-state index contributed by atoms with van der Waals surface area (Å²) >= 11 is 0. The average Bonchev–Trinajstić information content (AvgIpc) is 2.72. The summed E-state index contributed by atoms with van der Waals surface area (Å²) in [6.07, 6.45) is 28.0. The molecule has 0 spiro atoms. The Hall–Kier alpha value is -1.32. The normalized spacial score (nSPS) is 11.2. The van der Waals surface area contributed by atoms with Gasteiger partial charge < -0.3 is 10.4 Å². The summed E-state index contributed by atoms with van der Waals surface area (Å²) in [5, 5.41) is 11.3. The van der Waals surface area contributed by atoms with Crippen molar-refractivity contribution >= 4 is 11.9 Å². The van der Waals surface area contributed by atoms with E-state index in [2.05, 4.69) is 24.4 Å². The van der Waals surface area contributed by atoms with Crippen LogP contribution in [0.5, 0.6) is 0 Å². The molecule has 0 atom stereocenters. The standard InChI is InChI=1S/C26H49NO3/c1-2-3-4-5-6-7-8-9-10-11-12-13-14-15-16-17-18-19-20-22-25(28)27-24-21-23-26(29)30/h9-10H,2-8,11-24H2,1H3,(H,27,28)(H,29,30)/b10-9-. The third-order valence-corrected chi connectivity index (χ3v) is 5.56. The van der Waals surface area contributed by atoms with Crippen LogP contribution in [-0.2, 0) is 9.59 Å². The zero-order valence-corrected chi connectivity index (χ0v) is 19.8. The van der Waals surface area contributed by atoms with Crippen LogP contribution in [0.1, 0.15) is 135 Å². The molecule has 0 aromatic heterocycles. The van der Waals surface area contributed by atoms with E-state index >= 15 is 0 Å². The zero-order valence-electron chi connectivity index (χ0n) is 19.8. The maximum Gasteiger partial charge on any atom is 0.303 e. The lowest BCUT2D eigenvalue weighted by molar-refractivity contribution is -0.137. The van der Waals surface area contributed by atoms with Gasteiger partial charge in [-0.05, 0) is 38.5 Å². The molecule has 0 aliphatic carbocycles. The number of amides is 1. The van der Waals surface area contributed by atoms with Crippen molar-refractivity contribution in [2.75, 3.05) is 6.54 Å². The molecule has 0 aromatic carbocycles. The molecule has 4 heteroatoms. The lowest BCUT2D eigenvalue weighted by Crippen LogP contribution is -2.24. The maximum atomic E-state index is 11.6. The summed E-state index contributed by atoms with van der Waals surface area (Å²) in [5.74, 6) is -0.749. The molecule has 4 nitrogen and oxygen atoms in total. The average molecular weight is 424 g/mol. The summed E-state index contributed by atoms with van der Waals surface area (Å²) in [7, 11) is 0. The molecule has 0 heterocycles. The zero-order chi connectivity index (χ0) is 22.1. The largest absolute Gasteiger partial charge is 0.481 e. The molecule has 2 N–H and O–H groups in total. The van der Waals surface area contributed by atoms with Crippen molar-refractivity contribution in [2.24, 2.45) is 0 Å². The van der Waals surface area contributed by atoms with Crippen LogP contribution in [0.3, 0.4) is 0 Å². The van der Waals surface area contributed by atoms with Crippen molar-refractivity contribution in [3.05, 3.63) is 12.2 Å². The number of allylic oxidation sites excluding steroid dienone is 2. The number of carboxylic acids is 1. The minimum atomic E-state index is -0.806. The van der Waals surface area contributed by atoms with Crippen molar-refractivity contribution in [1.82, 2.24) is 5.32 Å². The van der Waals surface area contributed by atoms with Gasteiger partial charge in [-0.15, -0.1) is 0 Å². The van der Waals surface area contributed by atoms with Gasteiger partial charge in [0.05, 0.1) is 0 Å². The number of hydrogen-bond donors (Lipinski definition) is 2. The SMILES string of the molecule is CCCCCCCC/C=C\CCCCCCCCCCCC(=O)NCCCC(=O)O. The molecule has 0 radical (unpaired) electrons. The first-order valence-corrected chi connectivity index (χ1v) is 12.8. The summed E-state index contributed by atoms with van der Waals surface area (Å²) < 4.78 is 0. The number of carbonyl (C=O) groups is 2. The number of hydrogen-bond acceptors (Lipinski definition) is 2. The van der Waals surface area contributed by atoms with Crippen LogP contribution in [0.15, 0.2) is 12.2 Å². The van der Waals surface area contributed by atoms with Gasteiger partial charge in [0.2, 0.25) is 5.91 Å². The predicted octanol–water partition coefficient (Wildman–Crippen LogP) is 7.57. The first-order valence-electron chi connectivity index (χ1n) is 12.8. The van der Waals surface area contributed by atoms with Crippen LogP contribution in [0.4, 0.5) is 0 Å². The lowest BCUT2D eigenvalue weighted by Gasteiger charge is -2.04. The van der Waals surface area contributed by atoms with Gasteiger partial charge in [0.25, 0.3) is 0 Å². The van der Waals surface area contributed by atoms with Crippen molar-refractivity contribution in [3.63, 3.8) is 0 Å².